The van der Waals surface area contributed by atoms with Crippen LogP contribution in [0.1, 0.15) is 64.7 Å². The van der Waals surface area contributed by atoms with E-state index in [4.69, 9.17) is 5.11 Å². The Kier molecular flexibility index (Phi) is 13.1. The van der Waals surface area contributed by atoms with Crippen molar-refractivity contribution < 1.29 is 9.90 Å². The van der Waals surface area contributed by atoms with Crippen LogP contribution < -0.4 is 0 Å². The van der Waals surface area contributed by atoms with Gasteiger partial charge in [0.25, 0.3) is 0 Å². The largest absolute Gasteiger partial charge is 0.481 e. The highest BCUT2D eigenvalue weighted by molar-refractivity contribution is 5.66. The first-order chi connectivity index (χ1) is 9.27. The third-order valence-electron chi connectivity index (χ3n) is 2.59. The maximum Gasteiger partial charge on any atom is 0.303 e. The highest BCUT2D eigenvalue weighted by Crippen LogP contribution is 2.04. The van der Waals surface area contributed by atoms with E-state index in [9.17, 15) is 4.79 Å². The van der Waals surface area contributed by atoms with Crippen molar-refractivity contribution in [1.82, 2.24) is 0 Å². The van der Waals surface area contributed by atoms with E-state index in [1.165, 1.54) is 32.1 Å². The van der Waals surface area contributed by atoms with E-state index in [-0.39, 0.29) is 6.42 Å². The SMILES string of the molecule is CCCCCCC/C=C/C#CC#CCCCC(=O)O. The number of carboxylic acid groups (broad SMARTS) is 1. The molecule has 0 bridgehead atoms. The van der Waals surface area contributed by atoms with Gasteiger partial charge >= 0.3 is 5.97 Å². The Hall–Kier alpha value is -1.67. The van der Waals surface area contributed by atoms with Gasteiger partial charge in [0.05, 0.1) is 0 Å². The molecule has 2 heteroatoms. The third-order valence-corrected chi connectivity index (χ3v) is 2.59. The minimum Gasteiger partial charge on any atom is -0.481 e. The van der Waals surface area contributed by atoms with E-state index >= 15 is 0 Å². The molecule has 0 fully saturated rings. The average Bonchev–Trinajstić information content (AvgIpc) is 2.39. The maximum absolute atomic E-state index is 10.2. The number of allylic oxidation sites excluding steroid dienone is 2. The molecule has 0 unspecified atom stereocenters. The van der Waals surface area contributed by atoms with E-state index in [0.717, 1.165) is 6.42 Å². The molecule has 0 spiro atoms. The summed E-state index contributed by atoms with van der Waals surface area (Å²) >= 11 is 0. The molecule has 0 heterocycles. The first-order valence-electron chi connectivity index (χ1n) is 7.12. The van der Waals surface area contributed by atoms with E-state index in [2.05, 4.69) is 36.7 Å². The molecule has 0 saturated carbocycles. The predicted molar refractivity (Wildman–Crippen MR) is 79.6 cm³/mol. The van der Waals surface area contributed by atoms with Crippen molar-refractivity contribution in [2.75, 3.05) is 0 Å². The van der Waals surface area contributed by atoms with Crippen LogP contribution in [0.4, 0.5) is 0 Å². The zero-order chi connectivity index (χ0) is 14.2. The molecule has 0 aromatic rings. The van der Waals surface area contributed by atoms with Crippen molar-refractivity contribution in [3.8, 4) is 23.7 Å². The molecular weight excluding hydrogens is 236 g/mol. The highest BCUT2D eigenvalue weighted by atomic mass is 16.4. The number of carboxylic acids is 1. The monoisotopic (exact) mass is 260 g/mol. The van der Waals surface area contributed by atoms with Crippen molar-refractivity contribution in [1.29, 1.82) is 0 Å². The van der Waals surface area contributed by atoms with Gasteiger partial charge in [0.15, 0.2) is 0 Å². The molecule has 0 aromatic heterocycles. The zero-order valence-corrected chi connectivity index (χ0v) is 11.9. The standard InChI is InChI=1S/C17H24O2/c1-2-3-4-5-6-7-8-9-10-11-12-13-14-15-16-17(18)19/h8-9H,2-7,14-16H2,1H3,(H,18,19)/b9-8+. The number of unbranched alkanes of at least 4 members (excludes halogenated alkanes) is 6. The molecule has 1 N–H and O–H groups in total. The van der Waals surface area contributed by atoms with Gasteiger partial charge in [-0.2, -0.15) is 0 Å². The lowest BCUT2D eigenvalue weighted by molar-refractivity contribution is -0.137. The van der Waals surface area contributed by atoms with Crippen molar-refractivity contribution in [3.63, 3.8) is 0 Å². The highest BCUT2D eigenvalue weighted by Gasteiger charge is 1.92. The van der Waals surface area contributed by atoms with Crippen molar-refractivity contribution >= 4 is 5.97 Å². The molecule has 0 aromatic carbocycles. The van der Waals surface area contributed by atoms with Crippen molar-refractivity contribution in [2.45, 2.75) is 64.7 Å². The van der Waals surface area contributed by atoms with E-state index in [1.54, 1.807) is 0 Å². The number of aliphatic carboxylic acids is 1. The molecule has 0 aliphatic heterocycles. The molecular formula is C17H24O2. The molecule has 0 aliphatic carbocycles. The maximum atomic E-state index is 10.2. The first-order valence-corrected chi connectivity index (χ1v) is 7.12. The lowest BCUT2D eigenvalue weighted by Crippen LogP contribution is -1.92. The molecule has 2 nitrogen and oxygen atoms in total. The van der Waals surface area contributed by atoms with Crippen molar-refractivity contribution in [3.05, 3.63) is 12.2 Å². The summed E-state index contributed by atoms with van der Waals surface area (Å²) in [7, 11) is 0. The summed E-state index contributed by atoms with van der Waals surface area (Å²) in [4.78, 5) is 10.2. The number of carbonyl (C=O) groups is 1. The molecule has 104 valence electrons. The summed E-state index contributed by atoms with van der Waals surface area (Å²) < 4.78 is 0. The van der Waals surface area contributed by atoms with Gasteiger partial charge in [-0.1, -0.05) is 50.5 Å². The van der Waals surface area contributed by atoms with Crippen LogP contribution in [0.15, 0.2) is 12.2 Å². The van der Waals surface area contributed by atoms with Crippen LogP contribution in [0.5, 0.6) is 0 Å². The van der Waals surface area contributed by atoms with Crippen LogP contribution in [-0.2, 0) is 4.79 Å². The third kappa shape index (κ3) is 16.3. The van der Waals surface area contributed by atoms with Crippen LogP contribution in [0, 0.1) is 23.7 Å². The topological polar surface area (TPSA) is 37.3 Å². The predicted octanol–water partition coefficient (Wildman–Crippen LogP) is 4.16. The van der Waals surface area contributed by atoms with Crippen LogP contribution in [0.2, 0.25) is 0 Å². The molecule has 0 rings (SSSR count). The van der Waals surface area contributed by atoms with Gasteiger partial charge < -0.3 is 5.11 Å². The summed E-state index contributed by atoms with van der Waals surface area (Å²) in [5, 5.41) is 8.42. The van der Waals surface area contributed by atoms with Gasteiger partial charge in [0.1, 0.15) is 0 Å². The zero-order valence-electron chi connectivity index (χ0n) is 11.9. The number of hydrogen-bond acceptors (Lipinski definition) is 1. The summed E-state index contributed by atoms with van der Waals surface area (Å²) in [5.74, 6) is 10.4. The fraction of sp³-hybridized carbons (Fsp3) is 0.588. The Morgan fingerprint density at radius 3 is 2.63 bits per heavy atom. The van der Waals surface area contributed by atoms with Crippen LogP contribution in [-0.4, -0.2) is 11.1 Å². The first kappa shape index (κ1) is 17.3. The molecule has 0 saturated heterocycles. The molecule has 0 amide bonds. The van der Waals surface area contributed by atoms with E-state index in [0.29, 0.717) is 12.8 Å². The van der Waals surface area contributed by atoms with Crippen LogP contribution >= 0.6 is 0 Å². The Morgan fingerprint density at radius 2 is 1.89 bits per heavy atom. The quantitative estimate of drug-likeness (QED) is 0.499. The lowest BCUT2D eigenvalue weighted by atomic mass is 10.1. The molecule has 19 heavy (non-hydrogen) atoms. The minimum absolute atomic E-state index is 0.181. The van der Waals surface area contributed by atoms with Crippen LogP contribution in [0.3, 0.4) is 0 Å². The fourth-order valence-electron chi connectivity index (χ4n) is 1.52. The van der Waals surface area contributed by atoms with E-state index < -0.39 is 5.97 Å². The lowest BCUT2D eigenvalue weighted by Gasteiger charge is -1.94. The van der Waals surface area contributed by atoms with Gasteiger partial charge in [-0.05, 0) is 37.2 Å². The average molecular weight is 260 g/mol. The smallest absolute Gasteiger partial charge is 0.303 e. The number of hydrogen-bond donors (Lipinski definition) is 1. The second kappa shape index (κ2) is 14.4. The van der Waals surface area contributed by atoms with Gasteiger partial charge in [-0.25, -0.2) is 0 Å². The van der Waals surface area contributed by atoms with Crippen molar-refractivity contribution in [2.24, 2.45) is 0 Å². The normalized spacial score (nSPS) is 9.53. The Labute approximate surface area is 117 Å². The Morgan fingerprint density at radius 1 is 1.11 bits per heavy atom. The fourth-order valence-corrected chi connectivity index (χ4v) is 1.52. The molecule has 0 radical (unpaired) electrons. The van der Waals surface area contributed by atoms with Crippen LogP contribution in [0.25, 0.3) is 0 Å². The second-order valence-electron chi connectivity index (χ2n) is 4.42. The van der Waals surface area contributed by atoms with Gasteiger partial charge in [0.2, 0.25) is 0 Å². The second-order valence-corrected chi connectivity index (χ2v) is 4.42. The Balaban J connectivity index is 3.47. The summed E-state index contributed by atoms with van der Waals surface area (Å²) in [6.07, 6.45) is 12.9. The summed E-state index contributed by atoms with van der Waals surface area (Å²) in [6, 6.07) is 0. The Bertz CT molecular complexity index is 372. The number of rotatable bonds is 9. The van der Waals surface area contributed by atoms with E-state index in [1.807, 2.05) is 6.08 Å². The minimum atomic E-state index is -0.769. The molecule has 0 aliphatic rings. The van der Waals surface area contributed by atoms with Gasteiger partial charge in [-0.3, -0.25) is 4.79 Å². The summed E-state index contributed by atoms with van der Waals surface area (Å²) in [5.41, 5.74) is 0. The van der Waals surface area contributed by atoms with Gasteiger partial charge in [-0.15, -0.1) is 0 Å². The van der Waals surface area contributed by atoms with Gasteiger partial charge in [0, 0.05) is 12.8 Å². The molecule has 0 atom stereocenters. The summed E-state index contributed by atoms with van der Waals surface area (Å²) in [6.45, 7) is 2.22.